The molecule has 0 fully saturated rings. The van der Waals surface area contributed by atoms with Crippen LogP contribution in [0.25, 0.3) is 0 Å². The van der Waals surface area contributed by atoms with Crippen LogP contribution in [0, 0.1) is 0 Å². The normalized spacial score (nSPS) is 12.5. The molecule has 0 saturated heterocycles. The number of nitrogens with one attached hydrogen (secondary N) is 1. The van der Waals surface area contributed by atoms with Crippen molar-refractivity contribution in [2.75, 3.05) is 66.1 Å². The van der Waals surface area contributed by atoms with Gasteiger partial charge in [0.25, 0.3) is 0 Å². The molecule has 9 nitrogen and oxygen atoms in total. The highest BCUT2D eigenvalue weighted by molar-refractivity contribution is 5.66. The van der Waals surface area contributed by atoms with Crippen molar-refractivity contribution in [1.82, 2.24) is 5.32 Å². The fraction of sp³-hybridized carbons (Fsp3) is 0.875. The van der Waals surface area contributed by atoms with E-state index in [2.05, 4.69) is 48.5 Å². The standard InChI is InChI=1S/C48H92N2O7/c1-3-5-7-9-11-13-15-17-19-21-23-25-27-29-31-38-55-45-49-36-33-40-53-43-47(44-54-42-35-48(51)52)57-41-34-37-50-46-56-39-32-30-28-26-24-22-20-18-16-14-12-10-8-6-4-2/h17-20,45,47,50H,3-16,21-44,46H2,1-2H3,(H,51,52)/b19-17+,20-18+,49-45?. The van der Waals surface area contributed by atoms with Crippen molar-refractivity contribution in [3.63, 3.8) is 0 Å². The zero-order valence-electron chi connectivity index (χ0n) is 37.4. The molecular weight excluding hydrogens is 717 g/mol. The van der Waals surface area contributed by atoms with Gasteiger partial charge in [-0.05, 0) is 83.6 Å². The van der Waals surface area contributed by atoms with Crippen LogP contribution in [0.1, 0.15) is 200 Å². The highest BCUT2D eigenvalue weighted by atomic mass is 16.6. The summed E-state index contributed by atoms with van der Waals surface area (Å²) in [5.41, 5.74) is 0. The second kappa shape index (κ2) is 50.4. The molecular formula is C48H92N2O7. The molecule has 0 heterocycles. The van der Waals surface area contributed by atoms with Crippen molar-refractivity contribution < 1.29 is 33.6 Å². The topological polar surface area (TPSA) is 108 Å². The third kappa shape index (κ3) is 50.3. The van der Waals surface area contributed by atoms with Gasteiger partial charge in [-0.25, -0.2) is 0 Å². The Bertz CT molecular complexity index is 870. The molecule has 0 spiro atoms. The van der Waals surface area contributed by atoms with Crippen LogP contribution in [0.4, 0.5) is 0 Å². The van der Waals surface area contributed by atoms with E-state index >= 15 is 0 Å². The Kier molecular flexibility index (Phi) is 48.8. The van der Waals surface area contributed by atoms with Gasteiger partial charge in [0.15, 0.2) is 6.40 Å². The number of carboxylic acid groups (broad SMARTS) is 1. The number of carboxylic acids is 1. The number of unbranched alkanes of at least 4 members (excludes halogenated alkanes) is 22. The first-order valence-corrected chi connectivity index (χ1v) is 23.9. The molecule has 0 saturated carbocycles. The molecule has 0 aliphatic heterocycles. The zero-order valence-corrected chi connectivity index (χ0v) is 37.4. The van der Waals surface area contributed by atoms with Gasteiger partial charge in [-0.2, -0.15) is 0 Å². The Morgan fingerprint density at radius 3 is 1.56 bits per heavy atom. The Morgan fingerprint density at radius 2 is 1.02 bits per heavy atom. The second-order valence-corrected chi connectivity index (χ2v) is 15.6. The van der Waals surface area contributed by atoms with E-state index in [9.17, 15) is 4.79 Å². The number of carbonyl (C=O) groups is 1. The predicted octanol–water partition coefficient (Wildman–Crippen LogP) is 12.6. The zero-order chi connectivity index (χ0) is 41.2. The van der Waals surface area contributed by atoms with Gasteiger partial charge in [0.2, 0.25) is 0 Å². The molecule has 1 atom stereocenters. The summed E-state index contributed by atoms with van der Waals surface area (Å²) < 4.78 is 28.7. The number of hydrogen-bond acceptors (Lipinski definition) is 8. The Balaban J connectivity index is 3.69. The van der Waals surface area contributed by atoms with Crippen LogP contribution in [0.3, 0.4) is 0 Å². The van der Waals surface area contributed by atoms with E-state index in [0.717, 1.165) is 45.4 Å². The molecule has 9 heteroatoms. The van der Waals surface area contributed by atoms with Crippen LogP contribution in [0.5, 0.6) is 0 Å². The lowest BCUT2D eigenvalue weighted by Crippen LogP contribution is -2.28. The SMILES string of the molecule is CCCCCCCC/C=C/CCCCCCCOC=NCCCOCC(COCCC(=O)O)OCCCNCOCCCCCCC/C=C/CCCCCCCC. The first-order chi connectivity index (χ1) is 28.2. The number of nitrogens with zero attached hydrogens (tertiary/aromatic N) is 1. The Hall–Kier alpha value is -1.78. The molecule has 2 N–H and O–H groups in total. The van der Waals surface area contributed by atoms with Gasteiger partial charge < -0.3 is 28.8 Å². The monoisotopic (exact) mass is 809 g/mol. The van der Waals surface area contributed by atoms with E-state index in [1.165, 1.54) is 154 Å². The molecule has 0 aromatic heterocycles. The summed E-state index contributed by atoms with van der Waals surface area (Å²) in [4.78, 5) is 15.2. The maximum Gasteiger partial charge on any atom is 0.305 e. The highest BCUT2D eigenvalue weighted by Crippen LogP contribution is 2.11. The average molecular weight is 809 g/mol. The van der Waals surface area contributed by atoms with Crippen molar-refractivity contribution >= 4 is 12.4 Å². The Labute approximate surface area is 351 Å². The van der Waals surface area contributed by atoms with E-state index < -0.39 is 5.97 Å². The summed E-state index contributed by atoms with van der Waals surface area (Å²) in [5, 5.41) is 12.2. The first kappa shape index (κ1) is 55.2. The van der Waals surface area contributed by atoms with Gasteiger partial charge >= 0.3 is 5.97 Å². The maximum absolute atomic E-state index is 10.8. The number of hydrogen-bond donors (Lipinski definition) is 2. The highest BCUT2D eigenvalue weighted by Gasteiger charge is 2.11. The number of allylic oxidation sites excluding steroid dienone is 4. The number of rotatable bonds is 49. The van der Waals surface area contributed by atoms with Crippen molar-refractivity contribution in [1.29, 1.82) is 0 Å². The molecule has 0 amide bonds. The molecule has 0 bridgehead atoms. The summed E-state index contributed by atoms with van der Waals surface area (Å²) in [7, 11) is 0. The van der Waals surface area contributed by atoms with Crippen molar-refractivity contribution in [2.45, 2.75) is 206 Å². The summed E-state index contributed by atoms with van der Waals surface area (Å²) >= 11 is 0. The van der Waals surface area contributed by atoms with Crippen LogP contribution in [0.15, 0.2) is 29.3 Å². The molecule has 0 rings (SSSR count). The van der Waals surface area contributed by atoms with Gasteiger partial charge in [0.1, 0.15) is 6.10 Å². The Morgan fingerprint density at radius 1 is 0.544 bits per heavy atom. The number of aliphatic carboxylic acids is 1. The number of aliphatic imine (C=N–C) groups is 1. The lowest BCUT2D eigenvalue weighted by Gasteiger charge is -2.18. The van der Waals surface area contributed by atoms with E-state index in [-0.39, 0.29) is 19.1 Å². The van der Waals surface area contributed by atoms with Gasteiger partial charge in [-0.3, -0.25) is 15.1 Å². The molecule has 0 radical (unpaired) electrons. The van der Waals surface area contributed by atoms with E-state index in [0.29, 0.717) is 39.7 Å². The van der Waals surface area contributed by atoms with Crippen LogP contribution in [-0.4, -0.2) is 89.6 Å². The maximum atomic E-state index is 10.8. The molecule has 0 aromatic carbocycles. The molecule has 0 aromatic rings. The van der Waals surface area contributed by atoms with E-state index in [1.54, 1.807) is 6.40 Å². The quantitative estimate of drug-likeness (QED) is 0.0206. The molecule has 336 valence electrons. The van der Waals surface area contributed by atoms with Crippen LogP contribution >= 0.6 is 0 Å². The lowest BCUT2D eigenvalue weighted by molar-refractivity contribution is -0.138. The third-order valence-electron chi connectivity index (χ3n) is 9.92. The third-order valence-corrected chi connectivity index (χ3v) is 9.92. The van der Waals surface area contributed by atoms with Gasteiger partial charge in [0.05, 0.1) is 39.6 Å². The van der Waals surface area contributed by atoms with Gasteiger partial charge in [0, 0.05) is 26.4 Å². The van der Waals surface area contributed by atoms with Gasteiger partial charge in [-0.1, -0.05) is 141 Å². The van der Waals surface area contributed by atoms with E-state index in [4.69, 9.17) is 28.8 Å². The molecule has 0 aliphatic carbocycles. The minimum absolute atomic E-state index is 0.0220. The summed E-state index contributed by atoms with van der Waals surface area (Å²) in [5.74, 6) is -0.869. The van der Waals surface area contributed by atoms with Crippen molar-refractivity contribution in [3.8, 4) is 0 Å². The molecule has 1 unspecified atom stereocenters. The average Bonchev–Trinajstić information content (AvgIpc) is 3.21. The fourth-order valence-corrected chi connectivity index (χ4v) is 6.34. The summed E-state index contributed by atoms with van der Waals surface area (Å²) in [6.07, 6.45) is 46.2. The van der Waals surface area contributed by atoms with Crippen LogP contribution in [0.2, 0.25) is 0 Å². The van der Waals surface area contributed by atoms with Crippen LogP contribution < -0.4 is 5.32 Å². The number of ether oxygens (including phenoxy) is 5. The molecule has 57 heavy (non-hydrogen) atoms. The first-order valence-electron chi connectivity index (χ1n) is 23.9. The lowest BCUT2D eigenvalue weighted by atomic mass is 10.1. The second-order valence-electron chi connectivity index (χ2n) is 15.6. The fourth-order valence-electron chi connectivity index (χ4n) is 6.34. The molecule has 0 aliphatic rings. The summed E-state index contributed by atoms with van der Waals surface area (Å²) in [6, 6.07) is 0. The smallest absolute Gasteiger partial charge is 0.305 e. The minimum Gasteiger partial charge on any atom is -0.483 e. The summed E-state index contributed by atoms with van der Waals surface area (Å²) in [6.45, 7) is 10.1. The predicted molar refractivity (Wildman–Crippen MR) is 241 cm³/mol. The minimum atomic E-state index is -0.869. The van der Waals surface area contributed by atoms with Crippen molar-refractivity contribution in [3.05, 3.63) is 24.3 Å². The van der Waals surface area contributed by atoms with Crippen LogP contribution in [-0.2, 0) is 28.5 Å². The largest absolute Gasteiger partial charge is 0.483 e. The van der Waals surface area contributed by atoms with E-state index in [1.807, 2.05) is 0 Å². The van der Waals surface area contributed by atoms with Gasteiger partial charge in [-0.15, -0.1) is 0 Å². The van der Waals surface area contributed by atoms with Crippen molar-refractivity contribution in [2.24, 2.45) is 4.99 Å².